The third-order valence-corrected chi connectivity index (χ3v) is 7.46. The van der Waals surface area contributed by atoms with E-state index in [1.807, 2.05) is 18.2 Å². The van der Waals surface area contributed by atoms with Gasteiger partial charge in [0.25, 0.3) is 0 Å². The van der Waals surface area contributed by atoms with Crippen molar-refractivity contribution in [1.29, 1.82) is 0 Å². The number of carbonyl (C=O) groups excluding carboxylic acids is 1. The van der Waals surface area contributed by atoms with Gasteiger partial charge < -0.3 is 9.84 Å². The van der Waals surface area contributed by atoms with Gasteiger partial charge in [0.05, 0.1) is 12.7 Å². The van der Waals surface area contributed by atoms with Crippen molar-refractivity contribution in [3.63, 3.8) is 0 Å². The number of rotatable bonds is 13. The van der Waals surface area contributed by atoms with Crippen LogP contribution in [0.5, 0.6) is 0 Å². The lowest BCUT2D eigenvalue weighted by atomic mass is 9.93. The maximum atomic E-state index is 11.7. The van der Waals surface area contributed by atoms with Crippen LogP contribution in [-0.4, -0.2) is 34.9 Å². The molecule has 1 aromatic carbocycles. The smallest absolute Gasteiger partial charge is 0.305 e. The van der Waals surface area contributed by atoms with Crippen LogP contribution in [0.15, 0.2) is 47.9 Å². The van der Waals surface area contributed by atoms with Crippen LogP contribution in [0.25, 0.3) is 0 Å². The Morgan fingerprint density at radius 1 is 1.16 bits per heavy atom. The van der Waals surface area contributed by atoms with E-state index >= 15 is 0 Å². The van der Waals surface area contributed by atoms with Crippen molar-refractivity contribution >= 4 is 52.5 Å². The molecule has 1 fully saturated rings. The molecule has 0 heterocycles. The monoisotopic (exact) mass is 504 g/mol. The van der Waals surface area contributed by atoms with Crippen molar-refractivity contribution in [1.82, 2.24) is 0 Å². The van der Waals surface area contributed by atoms with E-state index in [0.717, 1.165) is 42.8 Å². The molecule has 2 rings (SSSR count). The Morgan fingerprint density at radius 2 is 1.90 bits per heavy atom. The highest BCUT2D eigenvalue weighted by Crippen LogP contribution is 2.41. The third-order valence-electron chi connectivity index (χ3n) is 5.40. The summed E-state index contributed by atoms with van der Waals surface area (Å²) in [6.07, 6.45) is 10.8. The van der Waals surface area contributed by atoms with E-state index in [0.29, 0.717) is 29.5 Å². The molecular weight excluding hydrogens is 475 g/mol. The maximum Gasteiger partial charge on any atom is 0.305 e. The van der Waals surface area contributed by atoms with Crippen LogP contribution < -0.4 is 0 Å². The lowest BCUT2D eigenvalue weighted by Gasteiger charge is -2.22. The van der Waals surface area contributed by atoms with Crippen molar-refractivity contribution in [3.05, 3.63) is 53.1 Å². The van der Waals surface area contributed by atoms with Crippen LogP contribution in [0, 0.1) is 11.8 Å². The summed E-state index contributed by atoms with van der Waals surface area (Å²) >= 11 is 20.4. The van der Waals surface area contributed by atoms with E-state index in [4.69, 9.17) is 39.5 Å². The van der Waals surface area contributed by atoms with Gasteiger partial charge in [-0.2, -0.15) is 0 Å². The van der Waals surface area contributed by atoms with Gasteiger partial charge in [0.2, 0.25) is 0 Å². The first-order valence-corrected chi connectivity index (χ1v) is 12.9. The molecule has 1 N–H and O–H groups in total. The summed E-state index contributed by atoms with van der Waals surface area (Å²) in [6, 6.07) is 5.48. The maximum absolute atomic E-state index is 11.7. The van der Waals surface area contributed by atoms with Crippen molar-refractivity contribution in [2.45, 2.75) is 61.3 Å². The molecular formula is C24H31Cl3O3S. The van der Waals surface area contributed by atoms with E-state index in [1.54, 1.807) is 17.8 Å². The second kappa shape index (κ2) is 14.5. The third kappa shape index (κ3) is 9.79. The predicted octanol–water partition coefficient (Wildman–Crippen LogP) is 7.32. The van der Waals surface area contributed by atoms with Gasteiger partial charge in [-0.25, -0.2) is 0 Å². The number of aliphatic hydroxyl groups excluding tert-OH is 1. The summed E-state index contributed by atoms with van der Waals surface area (Å²) < 4.78 is 5.18. The highest BCUT2D eigenvalue weighted by atomic mass is 35.5. The fourth-order valence-corrected chi connectivity index (χ4v) is 6.12. The highest BCUT2D eigenvalue weighted by Gasteiger charge is 2.40. The molecule has 0 aromatic heterocycles. The first-order valence-electron chi connectivity index (χ1n) is 10.7. The zero-order valence-electron chi connectivity index (χ0n) is 17.7. The molecule has 0 amide bonds. The largest absolute Gasteiger partial charge is 0.466 e. The Hall–Kier alpha value is -0.650. The van der Waals surface area contributed by atoms with Gasteiger partial charge in [-0.1, -0.05) is 41.4 Å². The van der Waals surface area contributed by atoms with Crippen molar-refractivity contribution in [2.75, 3.05) is 12.4 Å². The standard InChI is InChI=1S/C24H31Cl3O3S/c1-2-3-8-11-30-24(29)10-7-5-4-6-9-20-21(23(28)15-22(20)27)16-31-19-13-17(25)12-18(26)14-19/h2,4,6,12-14,20-23,28H,1,3,5,7-11,15-16H2/b6-4-/t20-,21-,22-,23-/m1/s1. The molecule has 4 atom stereocenters. The predicted molar refractivity (Wildman–Crippen MR) is 132 cm³/mol. The van der Waals surface area contributed by atoms with Gasteiger partial charge in [0.15, 0.2) is 0 Å². The Bertz CT molecular complexity index is 721. The van der Waals surface area contributed by atoms with Gasteiger partial charge in [-0.15, -0.1) is 29.9 Å². The van der Waals surface area contributed by atoms with E-state index < -0.39 is 6.10 Å². The van der Waals surface area contributed by atoms with Crippen LogP contribution in [0.2, 0.25) is 10.0 Å². The quantitative estimate of drug-likeness (QED) is 0.100. The van der Waals surface area contributed by atoms with E-state index in [2.05, 4.69) is 18.7 Å². The number of hydrogen-bond acceptors (Lipinski definition) is 4. The summed E-state index contributed by atoms with van der Waals surface area (Å²) in [4.78, 5) is 12.7. The molecule has 0 aliphatic heterocycles. The highest BCUT2D eigenvalue weighted by molar-refractivity contribution is 7.99. The lowest BCUT2D eigenvalue weighted by molar-refractivity contribution is -0.143. The van der Waals surface area contributed by atoms with Gasteiger partial charge >= 0.3 is 5.97 Å². The van der Waals surface area contributed by atoms with Gasteiger partial charge in [0, 0.05) is 32.5 Å². The number of aliphatic hydroxyl groups is 1. The number of hydrogen-bond donors (Lipinski definition) is 1. The number of esters is 1. The first kappa shape index (κ1) is 26.6. The molecule has 0 unspecified atom stereocenters. The number of unbranched alkanes of at least 4 members (excludes halogenated alkanes) is 2. The SMILES string of the molecule is C=CCCCOC(=O)CCC/C=C\C[C@@H]1[C@@H](CSc2cc(Cl)cc(Cl)c2)[C@H](O)C[C@H]1Cl. The summed E-state index contributed by atoms with van der Waals surface area (Å²) in [7, 11) is 0. The summed E-state index contributed by atoms with van der Waals surface area (Å²) in [5.74, 6) is 0.942. The van der Waals surface area contributed by atoms with Crippen LogP contribution in [0.1, 0.15) is 44.9 Å². The number of thioether (sulfide) groups is 1. The number of ether oxygens (including phenoxy) is 1. The number of allylic oxidation sites excluding steroid dienone is 3. The fraction of sp³-hybridized carbons (Fsp3) is 0.542. The molecule has 1 aliphatic carbocycles. The number of benzene rings is 1. The van der Waals surface area contributed by atoms with Gasteiger partial charge in [0.1, 0.15) is 0 Å². The molecule has 0 spiro atoms. The zero-order chi connectivity index (χ0) is 22.6. The van der Waals surface area contributed by atoms with E-state index in [-0.39, 0.29) is 23.2 Å². The minimum absolute atomic E-state index is 0.0428. The lowest BCUT2D eigenvalue weighted by Crippen LogP contribution is -2.22. The van der Waals surface area contributed by atoms with Crippen LogP contribution >= 0.6 is 46.6 Å². The molecule has 1 saturated carbocycles. The average molecular weight is 506 g/mol. The first-order chi connectivity index (χ1) is 14.9. The minimum Gasteiger partial charge on any atom is -0.466 e. The molecule has 0 saturated heterocycles. The number of alkyl halides is 1. The Kier molecular flexibility index (Phi) is 12.4. The molecule has 7 heteroatoms. The van der Waals surface area contributed by atoms with Crippen molar-refractivity contribution in [2.24, 2.45) is 11.8 Å². The van der Waals surface area contributed by atoms with Crippen molar-refractivity contribution in [3.8, 4) is 0 Å². The van der Waals surface area contributed by atoms with E-state index in [1.165, 1.54) is 0 Å². The molecule has 3 nitrogen and oxygen atoms in total. The van der Waals surface area contributed by atoms with Crippen LogP contribution in [0.4, 0.5) is 0 Å². The van der Waals surface area contributed by atoms with Crippen LogP contribution in [0.3, 0.4) is 0 Å². The number of carbonyl (C=O) groups is 1. The molecule has 1 aliphatic rings. The normalized spacial score (nSPS) is 23.4. The van der Waals surface area contributed by atoms with Gasteiger partial charge in [-0.3, -0.25) is 4.79 Å². The molecule has 0 bridgehead atoms. The average Bonchev–Trinajstić information content (AvgIpc) is 2.98. The molecule has 0 radical (unpaired) electrons. The Morgan fingerprint density at radius 3 is 2.61 bits per heavy atom. The number of halogens is 3. The second-order valence-electron chi connectivity index (χ2n) is 7.81. The summed E-state index contributed by atoms with van der Waals surface area (Å²) in [6.45, 7) is 4.11. The van der Waals surface area contributed by atoms with Crippen LogP contribution in [-0.2, 0) is 9.53 Å². The molecule has 1 aromatic rings. The second-order valence-corrected chi connectivity index (χ2v) is 10.3. The van der Waals surface area contributed by atoms with E-state index in [9.17, 15) is 9.90 Å². The fourth-order valence-electron chi connectivity index (χ4n) is 3.72. The minimum atomic E-state index is -0.404. The molecule has 172 valence electrons. The topological polar surface area (TPSA) is 46.5 Å². The summed E-state index contributed by atoms with van der Waals surface area (Å²) in [5.41, 5.74) is 0. The Labute approximate surface area is 205 Å². The zero-order valence-corrected chi connectivity index (χ0v) is 20.7. The Balaban J connectivity index is 1.73. The molecule has 31 heavy (non-hydrogen) atoms. The van der Waals surface area contributed by atoms with Crippen molar-refractivity contribution < 1.29 is 14.6 Å². The van der Waals surface area contributed by atoms with Gasteiger partial charge in [-0.05, 0) is 68.6 Å². The summed E-state index contributed by atoms with van der Waals surface area (Å²) in [5, 5.41) is 11.7.